The number of ketones is 2. The Labute approximate surface area is 277 Å². The van der Waals surface area contributed by atoms with Crippen LogP contribution in [0.5, 0.6) is 0 Å². The molecule has 0 aromatic carbocycles. The summed E-state index contributed by atoms with van der Waals surface area (Å²) in [6.07, 6.45) is -2.72. The molecule has 0 radical (unpaired) electrons. The van der Waals surface area contributed by atoms with Crippen LogP contribution in [0.1, 0.15) is 46.0 Å². The molecule has 10 atom stereocenters. The average Bonchev–Trinajstić information content (AvgIpc) is 3.23. The maximum Gasteiger partial charge on any atom is 0.508 e. The summed E-state index contributed by atoms with van der Waals surface area (Å²) in [6, 6.07) is -1.66. The van der Waals surface area contributed by atoms with Crippen molar-refractivity contribution in [3.8, 4) is 0 Å². The lowest BCUT2D eigenvalue weighted by atomic mass is 9.44. The Balaban J connectivity index is 1.32. The van der Waals surface area contributed by atoms with Crippen molar-refractivity contribution in [3.05, 3.63) is 44.0 Å². The molecule has 0 spiro atoms. The van der Waals surface area contributed by atoms with E-state index in [-0.39, 0.29) is 18.6 Å². The van der Waals surface area contributed by atoms with Crippen LogP contribution in [0.2, 0.25) is 0 Å². The lowest BCUT2D eigenvalue weighted by molar-refractivity contribution is -0.790. The van der Waals surface area contributed by atoms with Gasteiger partial charge >= 0.3 is 12.1 Å². The molecule has 49 heavy (non-hydrogen) atoms. The second-order valence-corrected chi connectivity index (χ2v) is 13.1. The Kier molecular flexibility index (Phi) is 10.7. The standard InChI is InChI=1S/C29H38FN3O16/c1-26-7-5-16(34)9-15(26)3-4-18-19-10-21(35)29(40,27(19,2)11-22(36)28(18,26)30)23(37)14-46-24(38)20(31)13-47-25(39)45-8-6-17(49-33(43)44)12-48-32(41)42/h5,7,9,17-22,35-36,40H,3-4,6,8,10-14,31H2,1-2H3/t17?,18-,19-,20?,21+,22-,26-,27-,28-,29-/m0/s1. The van der Waals surface area contributed by atoms with Crippen molar-refractivity contribution in [1.29, 1.82) is 0 Å². The number of alkyl halides is 1. The van der Waals surface area contributed by atoms with Crippen LogP contribution in [0, 0.1) is 42.9 Å². The van der Waals surface area contributed by atoms with Gasteiger partial charge in [0.25, 0.3) is 10.2 Å². The van der Waals surface area contributed by atoms with Gasteiger partial charge in [-0.05, 0) is 50.7 Å². The molecule has 0 saturated heterocycles. The Bertz CT molecular complexity index is 1440. The molecule has 5 N–H and O–H groups in total. The predicted molar refractivity (Wildman–Crippen MR) is 155 cm³/mol. The normalized spacial score (nSPS) is 35.7. The number of Topliss-reactive ketones (excluding diaryl/α,β-unsaturated/α-hetero) is 1. The van der Waals surface area contributed by atoms with Gasteiger partial charge in [-0.2, -0.15) is 0 Å². The zero-order valence-corrected chi connectivity index (χ0v) is 26.6. The number of hydrogen-bond donors (Lipinski definition) is 4. The number of nitrogens with two attached hydrogens (primary N) is 1. The Morgan fingerprint density at radius 1 is 1.08 bits per heavy atom. The maximum atomic E-state index is 17.2. The molecule has 2 unspecified atom stereocenters. The van der Waals surface area contributed by atoms with E-state index < -0.39 is 126 Å². The number of halogens is 1. The third kappa shape index (κ3) is 6.69. The van der Waals surface area contributed by atoms with Gasteiger partial charge in [0.15, 0.2) is 23.7 Å². The molecule has 0 aromatic heterocycles. The highest BCUT2D eigenvalue weighted by Crippen LogP contribution is 2.69. The second kappa shape index (κ2) is 13.9. The number of fused-ring (bicyclic) bond motifs is 5. The van der Waals surface area contributed by atoms with E-state index in [2.05, 4.69) is 19.1 Å². The van der Waals surface area contributed by atoms with Crippen molar-refractivity contribution in [1.82, 2.24) is 0 Å². The van der Waals surface area contributed by atoms with E-state index in [0.717, 1.165) is 0 Å². The molecule has 0 aromatic rings. The first-order valence-electron chi connectivity index (χ1n) is 15.4. The Morgan fingerprint density at radius 3 is 2.43 bits per heavy atom. The highest BCUT2D eigenvalue weighted by atomic mass is 19.1. The van der Waals surface area contributed by atoms with Crippen LogP contribution in [0.4, 0.5) is 9.18 Å². The number of aliphatic hydroxyl groups excluding tert-OH is 2. The highest BCUT2D eigenvalue weighted by molar-refractivity contribution is 6.01. The zero-order chi connectivity index (χ0) is 36.5. The molecule has 272 valence electrons. The van der Waals surface area contributed by atoms with Crippen molar-refractivity contribution < 1.29 is 72.9 Å². The minimum atomic E-state index is -2.55. The minimum Gasteiger partial charge on any atom is -0.456 e. The monoisotopic (exact) mass is 703 g/mol. The van der Waals surface area contributed by atoms with Gasteiger partial charge in [-0.1, -0.05) is 18.6 Å². The van der Waals surface area contributed by atoms with Crippen LogP contribution in [0.15, 0.2) is 23.8 Å². The summed E-state index contributed by atoms with van der Waals surface area (Å²) in [5, 5.41) is 52.5. The summed E-state index contributed by atoms with van der Waals surface area (Å²) in [6.45, 7) is -0.232. The van der Waals surface area contributed by atoms with Crippen molar-refractivity contribution in [2.24, 2.45) is 28.4 Å². The number of ether oxygens (including phenoxy) is 3. The fourth-order valence-corrected chi connectivity index (χ4v) is 8.06. The predicted octanol–water partition coefficient (Wildman–Crippen LogP) is -0.173. The summed E-state index contributed by atoms with van der Waals surface area (Å²) in [4.78, 5) is 78.8. The number of carbonyl (C=O) groups is 4. The van der Waals surface area contributed by atoms with Crippen LogP contribution in [0.25, 0.3) is 0 Å². The van der Waals surface area contributed by atoms with Gasteiger partial charge in [-0.3, -0.25) is 14.4 Å². The van der Waals surface area contributed by atoms with E-state index in [1.165, 1.54) is 25.2 Å². The smallest absolute Gasteiger partial charge is 0.456 e. The molecule has 3 saturated carbocycles. The van der Waals surface area contributed by atoms with E-state index in [1.54, 1.807) is 6.92 Å². The summed E-state index contributed by atoms with van der Waals surface area (Å²) < 4.78 is 31.5. The molecule has 4 rings (SSSR count). The van der Waals surface area contributed by atoms with E-state index in [9.17, 15) is 54.7 Å². The minimum absolute atomic E-state index is 0.183. The van der Waals surface area contributed by atoms with Crippen LogP contribution < -0.4 is 5.73 Å². The van der Waals surface area contributed by atoms with Crippen LogP contribution >= 0.6 is 0 Å². The molecule has 0 heterocycles. The van der Waals surface area contributed by atoms with E-state index >= 15 is 4.39 Å². The van der Waals surface area contributed by atoms with Crippen molar-refractivity contribution >= 4 is 23.7 Å². The second-order valence-electron chi connectivity index (χ2n) is 13.1. The van der Waals surface area contributed by atoms with Gasteiger partial charge < -0.3 is 44.9 Å². The molecule has 4 aliphatic carbocycles. The van der Waals surface area contributed by atoms with Gasteiger partial charge in [-0.25, -0.2) is 9.18 Å². The largest absolute Gasteiger partial charge is 0.508 e. The molecule has 20 heteroatoms. The molecule has 4 aliphatic rings. The van der Waals surface area contributed by atoms with Crippen molar-refractivity contribution in [2.45, 2.75) is 81.6 Å². The van der Waals surface area contributed by atoms with Crippen LogP contribution in [-0.4, -0.2) is 111 Å². The van der Waals surface area contributed by atoms with Gasteiger partial charge in [0, 0.05) is 23.2 Å². The number of allylic oxidation sites excluding steroid dienone is 4. The highest BCUT2D eigenvalue weighted by Gasteiger charge is 2.76. The van der Waals surface area contributed by atoms with E-state index in [0.29, 0.717) is 12.0 Å². The summed E-state index contributed by atoms with van der Waals surface area (Å²) >= 11 is 0. The third-order valence-corrected chi connectivity index (χ3v) is 10.6. The molecule has 0 aliphatic heterocycles. The molecule has 19 nitrogen and oxygen atoms in total. The molecule has 0 bridgehead atoms. The number of hydrogen-bond acceptors (Lipinski definition) is 17. The Hall–Kier alpha value is -4.27. The maximum absolute atomic E-state index is 17.2. The van der Waals surface area contributed by atoms with Crippen molar-refractivity contribution in [3.63, 3.8) is 0 Å². The lowest BCUT2D eigenvalue weighted by Crippen LogP contribution is -2.69. The number of nitrogens with zero attached hydrogens (tertiary/aromatic N) is 2. The topological polar surface area (TPSA) is 287 Å². The van der Waals surface area contributed by atoms with Crippen LogP contribution in [0.3, 0.4) is 0 Å². The first-order valence-corrected chi connectivity index (χ1v) is 15.4. The first kappa shape index (κ1) is 37.5. The van der Waals surface area contributed by atoms with E-state index in [4.69, 9.17) is 10.5 Å². The quantitative estimate of drug-likeness (QED) is 0.104. The number of esters is 1. The third-order valence-electron chi connectivity index (χ3n) is 10.6. The fourth-order valence-electron chi connectivity index (χ4n) is 8.06. The summed E-state index contributed by atoms with van der Waals surface area (Å²) in [7, 11) is 0. The molecule has 0 amide bonds. The first-order chi connectivity index (χ1) is 22.8. The van der Waals surface area contributed by atoms with Crippen LogP contribution in [-0.2, 0) is 38.3 Å². The molecular formula is C29H38FN3O16. The fraction of sp³-hybridized carbons (Fsp3) is 0.724. The number of aliphatic hydroxyl groups is 3. The molecule has 3 fully saturated rings. The van der Waals surface area contributed by atoms with Gasteiger partial charge in [0.2, 0.25) is 5.78 Å². The van der Waals surface area contributed by atoms with E-state index in [1.807, 2.05) is 0 Å². The van der Waals surface area contributed by atoms with Crippen molar-refractivity contribution in [2.75, 3.05) is 26.4 Å². The van der Waals surface area contributed by atoms with Gasteiger partial charge in [0.05, 0.1) is 18.8 Å². The Morgan fingerprint density at radius 2 is 1.78 bits per heavy atom. The zero-order valence-electron chi connectivity index (χ0n) is 26.6. The number of rotatable bonds is 14. The van der Waals surface area contributed by atoms with Gasteiger partial charge in [0.1, 0.15) is 25.4 Å². The summed E-state index contributed by atoms with van der Waals surface area (Å²) in [5.74, 6) is -4.36. The summed E-state index contributed by atoms with van der Waals surface area (Å²) in [5.41, 5.74) is -1.51. The SMILES string of the molecule is C[C@]12C=CC(=O)C=C1CC[C@H]1[C@@H]3C[C@@H](O)[C@](O)(C(=O)COC(=O)C(N)COC(=O)OCCC(CO[N+](=O)[O-])O[N+](=O)[O-])[C@@]3(C)C[C@H](O)[C@@]12F. The lowest BCUT2D eigenvalue weighted by Gasteiger charge is -2.62. The molecular weight excluding hydrogens is 665 g/mol. The number of carbonyl (C=O) groups excluding carboxylic acids is 4. The average molecular weight is 704 g/mol. The van der Waals surface area contributed by atoms with Gasteiger partial charge in [-0.15, -0.1) is 20.2 Å².